The monoisotopic (exact) mass is 357 g/mol. The molecule has 132 valence electrons. The number of hydrogen-bond donors (Lipinski definition) is 1. The van der Waals surface area contributed by atoms with Gasteiger partial charge in [0.05, 0.1) is 19.1 Å². The van der Waals surface area contributed by atoms with Crippen LogP contribution >= 0.6 is 11.3 Å². The van der Waals surface area contributed by atoms with Gasteiger partial charge in [-0.3, -0.25) is 4.79 Å². The Bertz CT molecular complexity index is 840. The van der Waals surface area contributed by atoms with Crippen molar-refractivity contribution in [3.63, 3.8) is 0 Å². The number of nitrogens with one attached hydrogen (secondary N) is 1. The average molecular weight is 357 g/mol. The van der Waals surface area contributed by atoms with Gasteiger partial charge in [0.15, 0.2) is 11.5 Å². The smallest absolute Gasteiger partial charge is 0.261 e. The van der Waals surface area contributed by atoms with Gasteiger partial charge in [-0.25, -0.2) is 0 Å². The normalized spacial score (nSPS) is 21.2. The van der Waals surface area contributed by atoms with Crippen LogP contribution in [0.1, 0.15) is 63.3 Å². The van der Waals surface area contributed by atoms with Crippen molar-refractivity contribution in [1.82, 2.24) is 5.32 Å². The van der Waals surface area contributed by atoms with E-state index in [1.165, 1.54) is 21.6 Å². The first-order valence-electron chi connectivity index (χ1n) is 8.72. The Labute approximate surface area is 152 Å². The molecule has 5 heteroatoms. The highest BCUT2D eigenvalue weighted by atomic mass is 32.1. The first kappa shape index (κ1) is 16.5. The van der Waals surface area contributed by atoms with Crippen molar-refractivity contribution in [2.24, 2.45) is 0 Å². The third-order valence-electron chi connectivity index (χ3n) is 5.31. The predicted molar refractivity (Wildman–Crippen MR) is 99.4 cm³/mol. The Morgan fingerprint density at radius 1 is 1.12 bits per heavy atom. The number of fused-ring (bicyclic) bond motifs is 5. The third-order valence-corrected chi connectivity index (χ3v) is 6.76. The molecule has 0 bridgehead atoms. The van der Waals surface area contributed by atoms with Crippen LogP contribution in [0.5, 0.6) is 11.5 Å². The van der Waals surface area contributed by atoms with E-state index in [4.69, 9.17) is 9.47 Å². The zero-order valence-electron chi connectivity index (χ0n) is 15.0. The topological polar surface area (TPSA) is 47.6 Å². The second kappa shape index (κ2) is 6.06. The van der Waals surface area contributed by atoms with Gasteiger partial charge in [0.2, 0.25) is 0 Å². The van der Waals surface area contributed by atoms with Gasteiger partial charge in [-0.1, -0.05) is 13.8 Å². The number of amides is 1. The fourth-order valence-electron chi connectivity index (χ4n) is 4.03. The van der Waals surface area contributed by atoms with Gasteiger partial charge in [-0.05, 0) is 53.6 Å². The lowest BCUT2D eigenvalue weighted by atomic mass is 9.73. The summed E-state index contributed by atoms with van der Waals surface area (Å²) in [5.41, 5.74) is 3.72. The lowest BCUT2D eigenvalue weighted by molar-refractivity contribution is 0.0919. The van der Waals surface area contributed by atoms with Gasteiger partial charge in [0.1, 0.15) is 0 Å². The van der Waals surface area contributed by atoms with Crippen LogP contribution in [0, 0.1) is 0 Å². The Morgan fingerprint density at radius 3 is 2.52 bits per heavy atom. The molecule has 2 heterocycles. The molecule has 25 heavy (non-hydrogen) atoms. The minimum Gasteiger partial charge on any atom is -0.493 e. The highest BCUT2D eigenvalue weighted by Gasteiger charge is 2.40. The van der Waals surface area contributed by atoms with Gasteiger partial charge in [0.25, 0.3) is 5.91 Å². The summed E-state index contributed by atoms with van der Waals surface area (Å²) in [5, 5.41) is 3.23. The van der Waals surface area contributed by atoms with E-state index in [9.17, 15) is 4.79 Å². The van der Waals surface area contributed by atoms with Crippen LogP contribution in [-0.4, -0.2) is 26.2 Å². The molecule has 1 aliphatic heterocycles. The number of carbonyl (C=O) groups is 1. The van der Waals surface area contributed by atoms with Crippen molar-refractivity contribution >= 4 is 17.2 Å². The zero-order chi connectivity index (χ0) is 17.7. The van der Waals surface area contributed by atoms with Crippen molar-refractivity contribution in [3.8, 4) is 11.5 Å². The maximum absolute atomic E-state index is 12.6. The van der Waals surface area contributed by atoms with Gasteiger partial charge < -0.3 is 14.8 Å². The number of benzene rings is 1. The number of carbonyl (C=O) groups excluding carboxylic acids is 1. The summed E-state index contributed by atoms with van der Waals surface area (Å²) in [6.07, 6.45) is 1.89. The van der Waals surface area contributed by atoms with Crippen molar-refractivity contribution in [1.29, 1.82) is 0 Å². The number of thiophene rings is 1. The molecule has 0 saturated carbocycles. The molecule has 1 amide bonds. The Hall–Kier alpha value is -2.01. The molecule has 0 fully saturated rings. The molecule has 2 atom stereocenters. The predicted octanol–water partition coefficient (Wildman–Crippen LogP) is 4.08. The molecule has 0 unspecified atom stereocenters. The Kier molecular flexibility index (Phi) is 3.99. The van der Waals surface area contributed by atoms with Crippen molar-refractivity contribution in [2.45, 2.75) is 44.6 Å². The minimum atomic E-state index is 0.0806. The molecule has 1 aliphatic carbocycles. The zero-order valence-corrected chi connectivity index (χ0v) is 15.8. The summed E-state index contributed by atoms with van der Waals surface area (Å²) >= 11 is 1.63. The summed E-state index contributed by atoms with van der Waals surface area (Å²) < 4.78 is 11.0. The van der Waals surface area contributed by atoms with Gasteiger partial charge in [0, 0.05) is 16.8 Å². The lowest BCUT2D eigenvalue weighted by Gasteiger charge is -2.38. The van der Waals surface area contributed by atoms with Crippen LogP contribution in [0.25, 0.3) is 0 Å². The van der Waals surface area contributed by atoms with E-state index in [0.717, 1.165) is 29.2 Å². The molecule has 0 saturated heterocycles. The van der Waals surface area contributed by atoms with Gasteiger partial charge in [-0.2, -0.15) is 0 Å². The van der Waals surface area contributed by atoms with Crippen LogP contribution in [0.4, 0.5) is 0 Å². The van der Waals surface area contributed by atoms with E-state index in [-0.39, 0.29) is 17.9 Å². The lowest BCUT2D eigenvalue weighted by Crippen LogP contribution is -2.46. The molecular weight excluding hydrogens is 334 g/mol. The second-order valence-electron chi connectivity index (χ2n) is 7.09. The van der Waals surface area contributed by atoms with E-state index in [1.807, 2.05) is 0 Å². The molecule has 4 nitrogen and oxygen atoms in total. The van der Waals surface area contributed by atoms with Crippen LogP contribution in [-0.2, 0) is 6.42 Å². The summed E-state index contributed by atoms with van der Waals surface area (Å²) in [4.78, 5) is 14.7. The van der Waals surface area contributed by atoms with E-state index in [1.54, 1.807) is 25.6 Å². The van der Waals surface area contributed by atoms with Gasteiger partial charge in [-0.15, -0.1) is 11.3 Å². The van der Waals surface area contributed by atoms with Gasteiger partial charge >= 0.3 is 0 Å². The number of methoxy groups -OCH3 is 2. The molecule has 0 radical (unpaired) electrons. The van der Waals surface area contributed by atoms with E-state index in [2.05, 4.69) is 37.4 Å². The summed E-state index contributed by atoms with van der Waals surface area (Å²) in [6, 6.07) is 6.59. The number of aryl methyl sites for hydroxylation is 1. The second-order valence-corrected chi connectivity index (χ2v) is 8.17. The first-order valence-corrected chi connectivity index (χ1v) is 9.54. The Morgan fingerprint density at radius 2 is 1.84 bits per heavy atom. The van der Waals surface area contributed by atoms with E-state index in [0.29, 0.717) is 5.92 Å². The molecule has 1 N–H and O–H groups in total. The summed E-state index contributed by atoms with van der Waals surface area (Å²) in [7, 11) is 3.34. The van der Waals surface area contributed by atoms with Crippen LogP contribution < -0.4 is 14.8 Å². The molecule has 2 aromatic rings. The first-order chi connectivity index (χ1) is 12.0. The number of ether oxygens (including phenoxy) is 2. The minimum absolute atomic E-state index is 0.0806. The fourth-order valence-corrected chi connectivity index (χ4v) is 5.14. The quantitative estimate of drug-likeness (QED) is 0.900. The molecule has 1 aromatic heterocycles. The maximum atomic E-state index is 12.6. The van der Waals surface area contributed by atoms with Crippen molar-refractivity contribution < 1.29 is 14.3 Å². The molecule has 0 spiro atoms. The molecule has 2 aliphatic rings. The highest BCUT2D eigenvalue weighted by molar-refractivity contribution is 7.14. The average Bonchev–Trinajstić information content (AvgIpc) is 3.06. The van der Waals surface area contributed by atoms with Crippen LogP contribution in [0.2, 0.25) is 0 Å². The van der Waals surface area contributed by atoms with Crippen LogP contribution in [0.3, 0.4) is 0 Å². The third kappa shape index (κ3) is 2.53. The van der Waals surface area contributed by atoms with E-state index >= 15 is 0 Å². The maximum Gasteiger partial charge on any atom is 0.261 e. The SMILES string of the molecule is COc1cc2c(cc1OC)[C@@H]1c3cc(C(C)C)sc3C(=O)N[C@H]1CC2. The number of hydrogen-bond acceptors (Lipinski definition) is 4. The molecular formula is C20H23NO3S. The van der Waals surface area contributed by atoms with Crippen molar-refractivity contribution in [3.05, 3.63) is 44.6 Å². The summed E-state index contributed by atoms with van der Waals surface area (Å²) in [5.74, 6) is 2.22. The largest absolute Gasteiger partial charge is 0.493 e. The standard InChI is InChI=1S/C20H23NO3S/c1-10(2)17-9-13-18-12-8-16(24-4)15(23-3)7-11(12)5-6-14(18)21-20(22)19(13)25-17/h7-10,14,18H,5-6H2,1-4H3,(H,21,22)/t14-,18+/m0/s1. The summed E-state index contributed by atoms with van der Waals surface area (Å²) in [6.45, 7) is 4.35. The fraction of sp³-hybridized carbons (Fsp3) is 0.450. The van der Waals surface area contributed by atoms with E-state index < -0.39 is 0 Å². The van der Waals surface area contributed by atoms with Crippen molar-refractivity contribution in [2.75, 3.05) is 14.2 Å². The number of rotatable bonds is 3. The molecule has 4 rings (SSSR count). The Balaban J connectivity index is 1.89. The highest BCUT2D eigenvalue weighted by Crippen LogP contribution is 2.47. The molecule has 1 aromatic carbocycles. The van der Waals surface area contributed by atoms with Crippen LogP contribution in [0.15, 0.2) is 18.2 Å².